The van der Waals surface area contributed by atoms with Gasteiger partial charge in [-0.25, -0.2) is 18.7 Å². The van der Waals surface area contributed by atoms with Gasteiger partial charge in [-0.05, 0) is 82.6 Å². The average molecular weight is 685 g/mol. The summed E-state index contributed by atoms with van der Waals surface area (Å²) < 4.78 is 74.6. The van der Waals surface area contributed by atoms with Gasteiger partial charge in [-0.15, -0.1) is 0 Å². The summed E-state index contributed by atoms with van der Waals surface area (Å²) in [5.41, 5.74) is 0.346. The van der Waals surface area contributed by atoms with Crippen LogP contribution in [0.3, 0.4) is 0 Å². The van der Waals surface area contributed by atoms with Gasteiger partial charge in [0.25, 0.3) is 5.91 Å². The summed E-state index contributed by atoms with van der Waals surface area (Å²) in [6.07, 6.45) is -2.00. The molecule has 0 radical (unpaired) electrons. The van der Waals surface area contributed by atoms with Gasteiger partial charge >= 0.3 is 12.1 Å². The Morgan fingerprint density at radius 2 is 1.78 bits per heavy atom. The fourth-order valence-corrected chi connectivity index (χ4v) is 5.25. The van der Waals surface area contributed by atoms with Crippen molar-refractivity contribution in [2.75, 3.05) is 55.9 Å². The Kier molecular flexibility index (Phi) is 11.0. The number of halogens is 5. The maximum absolute atomic E-state index is 14.0. The van der Waals surface area contributed by atoms with Crippen LogP contribution in [0.4, 0.5) is 39.1 Å². The Morgan fingerprint density at radius 3 is 2.47 bits per heavy atom. The third-order valence-corrected chi connectivity index (χ3v) is 7.58. The van der Waals surface area contributed by atoms with E-state index in [2.05, 4.69) is 42.6 Å². The van der Waals surface area contributed by atoms with Gasteiger partial charge < -0.3 is 25.2 Å². The Bertz CT molecular complexity index is 1860. The van der Waals surface area contributed by atoms with Gasteiger partial charge in [0.1, 0.15) is 17.3 Å². The van der Waals surface area contributed by atoms with Crippen molar-refractivity contribution in [3.05, 3.63) is 71.1 Å². The molecule has 0 atom stereocenters. The van der Waals surface area contributed by atoms with Crippen molar-refractivity contribution >= 4 is 40.2 Å². The van der Waals surface area contributed by atoms with Gasteiger partial charge in [-0.1, -0.05) is 5.92 Å². The molecule has 2 aromatic carbocycles. The number of aromatic nitrogens is 4. The predicted octanol–water partition coefficient (Wildman–Crippen LogP) is 5.11. The largest absolute Gasteiger partial charge is 0.471 e. The highest BCUT2D eigenvalue weighted by Gasteiger charge is 2.46. The zero-order valence-electron chi connectivity index (χ0n) is 26.6. The van der Waals surface area contributed by atoms with Gasteiger partial charge in [-0.3, -0.25) is 14.7 Å². The summed E-state index contributed by atoms with van der Waals surface area (Å²) in [6, 6.07) is 6.18. The Hall–Kier alpha value is -5.14. The number of nitrogens with one attached hydrogen (secondary N) is 3. The van der Waals surface area contributed by atoms with Gasteiger partial charge in [0, 0.05) is 43.1 Å². The van der Waals surface area contributed by atoms with E-state index >= 15 is 0 Å². The molecule has 3 N–H and O–H groups in total. The fraction of sp³-hybridized carbons (Fsp3) is 0.364. The van der Waals surface area contributed by atoms with Crippen LogP contribution in [0.15, 0.2) is 42.6 Å². The van der Waals surface area contributed by atoms with Gasteiger partial charge in [-0.2, -0.15) is 18.3 Å². The number of carbonyl (C=O) groups excluding carboxylic acids is 2. The number of rotatable bonds is 10. The molecular weight excluding hydrogens is 651 g/mol. The minimum Gasteiger partial charge on any atom is -0.385 e. The minimum absolute atomic E-state index is 0.0571. The van der Waals surface area contributed by atoms with E-state index in [1.54, 1.807) is 6.07 Å². The lowest BCUT2D eigenvalue weighted by molar-refractivity contribution is -0.171. The molecule has 11 nitrogen and oxygen atoms in total. The number of ether oxygens (including phenoxy) is 1. The van der Waals surface area contributed by atoms with E-state index in [-0.39, 0.29) is 65.5 Å². The van der Waals surface area contributed by atoms with Crippen molar-refractivity contribution in [3.8, 4) is 11.8 Å². The van der Waals surface area contributed by atoms with Crippen molar-refractivity contribution in [2.45, 2.75) is 37.9 Å². The lowest BCUT2D eigenvalue weighted by Gasteiger charge is -2.35. The molecule has 258 valence electrons. The summed E-state index contributed by atoms with van der Waals surface area (Å²) in [4.78, 5) is 37.9. The molecule has 2 amide bonds. The molecule has 0 bridgehead atoms. The van der Waals surface area contributed by atoms with Crippen LogP contribution in [0.25, 0.3) is 11.2 Å². The second-order valence-electron chi connectivity index (χ2n) is 11.6. The van der Waals surface area contributed by atoms with Gasteiger partial charge in [0.15, 0.2) is 17.0 Å². The van der Waals surface area contributed by atoms with Crippen LogP contribution in [0, 0.1) is 23.5 Å². The monoisotopic (exact) mass is 684 g/mol. The Morgan fingerprint density at radius 1 is 1.04 bits per heavy atom. The number of H-pyrrole nitrogens is 1. The van der Waals surface area contributed by atoms with Crippen LogP contribution in [0.1, 0.15) is 47.3 Å². The molecule has 1 saturated heterocycles. The number of nitrogens with zero attached hydrogens (tertiary/aromatic N) is 5. The number of carbonyl (C=O) groups is 2. The fourth-order valence-electron chi connectivity index (χ4n) is 5.25. The molecule has 0 spiro atoms. The first-order valence-corrected chi connectivity index (χ1v) is 15.4. The van der Waals surface area contributed by atoms with Crippen LogP contribution in [-0.2, 0) is 9.53 Å². The van der Waals surface area contributed by atoms with E-state index in [1.807, 2.05) is 19.0 Å². The number of anilines is 3. The highest BCUT2D eigenvalue weighted by molar-refractivity contribution is 6.13. The maximum Gasteiger partial charge on any atom is 0.471 e. The number of fused-ring (bicyclic) bond motifs is 1. The predicted molar refractivity (Wildman–Crippen MR) is 172 cm³/mol. The molecule has 0 aliphatic carbocycles. The number of hydrogen-bond donors (Lipinski definition) is 3. The van der Waals surface area contributed by atoms with Gasteiger partial charge in [0.05, 0.1) is 17.4 Å². The molecule has 0 unspecified atom stereocenters. The number of amides is 2. The number of alkyl halides is 3. The van der Waals surface area contributed by atoms with E-state index in [0.29, 0.717) is 23.2 Å². The van der Waals surface area contributed by atoms with Crippen LogP contribution >= 0.6 is 0 Å². The molecule has 4 aromatic rings. The molecule has 49 heavy (non-hydrogen) atoms. The SMILES string of the molecule is CN(C)CCCCNc1ccc(C(=O)Nc2n[nH]c3ncc(C#Cc4cc(F)cc(F)c4)nc23)c(N(C(=O)C(F)(F)F)C2CCOCC2)c1. The lowest BCUT2D eigenvalue weighted by atomic mass is 10.0. The summed E-state index contributed by atoms with van der Waals surface area (Å²) in [5, 5.41) is 12.4. The molecule has 1 aliphatic rings. The standard InChI is InChI=1S/C33H33F5N8O3/c1-45(2)12-4-3-11-39-23-7-8-26(27(18-23)46(32(48)33(36,37)38)25-9-13-49-14-10-25)31(47)42-30-28-29(43-44-30)40-19-24(41-28)6-5-20-15-21(34)17-22(35)16-20/h7-8,15-19,25,39H,3-4,9-14H2,1-2H3,(H2,40,42,43,44,47). The molecule has 1 aliphatic heterocycles. The number of aromatic amines is 1. The topological polar surface area (TPSA) is 128 Å². The Labute approximate surface area is 278 Å². The Balaban J connectivity index is 1.47. The third kappa shape index (κ3) is 9.06. The van der Waals surface area contributed by atoms with E-state index in [9.17, 15) is 31.5 Å². The highest BCUT2D eigenvalue weighted by Crippen LogP contribution is 2.34. The molecule has 0 saturated carbocycles. The number of benzene rings is 2. The first-order valence-electron chi connectivity index (χ1n) is 15.4. The maximum atomic E-state index is 14.0. The average Bonchev–Trinajstić information content (AvgIpc) is 3.45. The van der Waals surface area contributed by atoms with Crippen LogP contribution < -0.4 is 15.5 Å². The van der Waals surface area contributed by atoms with Crippen molar-refractivity contribution in [1.29, 1.82) is 0 Å². The van der Waals surface area contributed by atoms with E-state index < -0.39 is 35.7 Å². The van der Waals surface area contributed by atoms with Crippen LogP contribution in [0.5, 0.6) is 0 Å². The quantitative estimate of drug-likeness (QED) is 0.120. The second-order valence-corrected chi connectivity index (χ2v) is 11.6. The van der Waals surface area contributed by atoms with Crippen LogP contribution in [0.2, 0.25) is 0 Å². The van der Waals surface area contributed by atoms with E-state index in [0.717, 1.165) is 31.5 Å². The zero-order chi connectivity index (χ0) is 35.1. The molecule has 16 heteroatoms. The summed E-state index contributed by atoms with van der Waals surface area (Å²) in [6.45, 7) is 1.67. The molecule has 5 rings (SSSR count). The summed E-state index contributed by atoms with van der Waals surface area (Å²) in [5.74, 6) is 0.565. The van der Waals surface area contributed by atoms with Crippen molar-refractivity contribution in [2.24, 2.45) is 0 Å². The molecule has 3 heterocycles. The molecular formula is C33H33F5N8O3. The normalized spacial score (nSPS) is 13.6. The molecule has 2 aromatic heterocycles. The number of unbranched alkanes of at least 4 members (excludes halogenated alkanes) is 1. The van der Waals surface area contributed by atoms with E-state index in [4.69, 9.17) is 4.74 Å². The summed E-state index contributed by atoms with van der Waals surface area (Å²) in [7, 11) is 3.91. The van der Waals surface area contributed by atoms with Crippen molar-refractivity contribution in [3.63, 3.8) is 0 Å². The van der Waals surface area contributed by atoms with Gasteiger partial charge in [0.2, 0.25) is 0 Å². The highest BCUT2D eigenvalue weighted by atomic mass is 19.4. The summed E-state index contributed by atoms with van der Waals surface area (Å²) >= 11 is 0. The lowest BCUT2D eigenvalue weighted by Crippen LogP contribution is -2.50. The first-order chi connectivity index (χ1) is 23.4. The minimum atomic E-state index is -5.22. The van der Waals surface area contributed by atoms with Crippen molar-refractivity contribution < 1.29 is 36.3 Å². The number of hydrogen-bond acceptors (Lipinski definition) is 8. The van der Waals surface area contributed by atoms with Crippen molar-refractivity contribution in [1.82, 2.24) is 25.1 Å². The first kappa shape index (κ1) is 35.2. The van der Waals surface area contributed by atoms with E-state index in [1.165, 1.54) is 18.3 Å². The zero-order valence-corrected chi connectivity index (χ0v) is 26.6. The molecule has 1 fully saturated rings. The second kappa shape index (κ2) is 15.4. The smallest absolute Gasteiger partial charge is 0.385 e. The van der Waals surface area contributed by atoms with Crippen LogP contribution in [-0.4, -0.2) is 89.5 Å². The third-order valence-electron chi connectivity index (χ3n) is 7.58.